The molecule has 1 aliphatic rings. The molecule has 3 rings (SSSR count). The Labute approximate surface area is 165 Å². The van der Waals surface area contributed by atoms with Gasteiger partial charge in [-0.15, -0.1) is 11.3 Å². The van der Waals surface area contributed by atoms with Crippen LogP contribution < -0.4 is 15.1 Å². The van der Waals surface area contributed by atoms with Gasteiger partial charge in [-0.1, -0.05) is 12.1 Å². The normalized spacial score (nSPS) is 13.4. The number of hydrazone groups is 1. The number of para-hydroxylation sites is 2. The smallest absolute Gasteiger partial charge is 0.354 e. The molecule has 9 nitrogen and oxygen atoms in total. The quantitative estimate of drug-likeness (QED) is 0.742. The highest BCUT2D eigenvalue weighted by Gasteiger charge is 2.23. The van der Waals surface area contributed by atoms with Crippen LogP contribution in [0.5, 0.6) is 5.75 Å². The molecule has 0 spiro atoms. The Bertz CT molecular complexity index is 940. The highest BCUT2D eigenvalue weighted by Crippen LogP contribution is 2.35. The first-order chi connectivity index (χ1) is 13.5. The summed E-state index contributed by atoms with van der Waals surface area (Å²) in [6.45, 7) is 1.36. The van der Waals surface area contributed by atoms with Crippen LogP contribution in [0.2, 0.25) is 0 Å². The summed E-state index contributed by atoms with van der Waals surface area (Å²) in [6, 6.07) is 7.12. The Hall–Kier alpha value is -3.27. The average Bonchev–Trinajstić information content (AvgIpc) is 3.15. The van der Waals surface area contributed by atoms with E-state index in [2.05, 4.69) is 15.5 Å². The summed E-state index contributed by atoms with van der Waals surface area (Å²) in [4.78, 5) is 41.2. The molecule has 2 aromatic rings. The summed E-state index contributed by atoms with van der Waals surface area (Å²) in [5.74, 6) is -0.531. The van der Waals surface area contributed by atoms with Crippen LogP contribution in [0.3, 0.4) is 0 Å². The molecule has 0 bridgehead atoms. The van der Waals surface area contributed by atoms with Crippen molar-refractivity contribution < 1.29 is 23.9 Å². The van der Waals surface area contributed by atoms with E-state index in [1.807, 2.05) is 6.07 Å². The van der Waals surface area contributed by atoms with Gasteiger partial charge in [0.25, 0.3) is 0 Å². The second-order valence-corrected chi connectivity index (χ2v) is 6.65. The minimum absolute atomic E-state index is 0.0695. The Morgan fingerprint density at radius 2 is 2.07 bits per heavy atom. The van der Waals surface area contributed by atoms with E-state index in [4.69, 9.17) is 9.47 Å². The Kier molecular flexibility index (Phi) is 5.99. The van der Waals surface area contributed by atoms with Crippen molar-refractivity contribution in [3.05, 3.63) is 35.3 Å². The minimum atomic E-state index is -0.609. The Morgan fingerprint density at radius 3 is 2.75 bits per heavy atom. The molecule has 1 aromatic heterocycles. The van der Waals surface area contributed by atoms with E-state index in [0.29, 0.717) is 22.3 Å². The maximum absolute atomic E-state index is 12.2. The fraction of sp³-hybridized carbons (Fsp3) is 0.278. The van der Waals surface area contributed by atoms with Gasteiger partial charge in [0.15, 0.2) is 5.13 Å². The summed E-state index contributed by atoms with van der Waals surface area (Å²) < 4.78 is 10.5. The van der Waals surface area contributed by atoms with Crippen molar-refractivity contribution in [3.8, 4) is 5.75 Å². The summed E-state index contributed by atoms with van der Waals surface area (Å²) in [5.41, 5.74) is 3.48. The van der Waals surface area contributed by atoms with E-state index >= 15 is 0 Å². The summed E-state index contributed by atoms with van der Waals surface area (Å²) in [6.07, 6.45) is 0.431. The Balaban J connectivity index is 1.72. The summed E-state index contributed by atoms with van der Waals surface area (Å²) in [5, 5.41) is 5.84. The number of ether oxygens (including phenoxy) is 2. The van der Waals surface area contributed by atoms with Crippen LogP contribution in [0, 0.1) is 0 Å². The standard InChI is InChI=1S/C18H18N4O5S/c1-11(23)22(14-5-3-4-6-15(14)26-2)18-19-12(10-28-18)9-27-17(25)13-7-8-16(24)21-20-13/h3-6,10H,7-9H2,1-2H3,(H,21,24). The number of aromatic nitrogens is 1. The van der Waals surface area contributed by atoms with Crippen LogP contribution in [0.4, 0.5) is 10.8 Å². The van der Waals surface area contributed by atoms with Gasteiger partial charge in [0.2, 0.25) is 11.8 Å². The highest BCUT2D eigenvalue weighted by molar-refractivity contribution is 7.14. The number of thiazole rings is 1. The molecule has 0 radical (unpaired) electrons. The van der Waals surface area contributed by atoms with Gasteiger partial charge in [0.05, 0.1) is 18.5 Å². The van der Waals surface area contributed by atoms with E-state index in [1.165, 1.54) is 30.3 Å². The molecule has 0 unspecified atom stereocenters. The molecule has 1 aliphatic heterocycles. The average molecular weight is 402 g/mol. The number of rotatable bonds is 6. The van der Waals surface area contributed by atoms with E-state index < -0.39 is 5.97 Å². The first-order valence-corrected chi connectivity index (χ1v) is 9.28. The molecule has 0 fully saturated rings. The van der Waals surface area contributed by atoms with Crippen LogP contribution in [0.1, 0.15) is 25.5 Å². The third-order valence-electron chi connectivity index (χ3n) is 3.86. The van der Waals surface area contributed by atoms with Crippen LogP contribution in [0.25, 0.3) is 0 Å². The van der Waals surface area contributed by atoms with Gasteiger partial charge in [-0.05, 0) is 12.1 Å². The van der Waals surface area contributed by atoms with Crippen LogP contribution in [-0.4, -0.2) is 35.6 Å². The van der Waals surface area contributed by atoms with Crippen molar-refractivity contribution in [1.82, 2.24) is 10.4 Å². The lowest BCUT2D eigenvalue weighted by Gasteiger charge is -2.20. The van der Waals surface area contributed by atoms with Gasteiger partial charge >= 0.3 is 5.97 Å². The minimum Gasteiger partial charge on any atom is -0.495 e. The second-order valence-electron chi connectivity index (χ2n) is 5.82. The third-order valence-corrected chi connectivity index (χ3v) is 4.74. The lowest BCUT2D eigenvalue weighted by Crippen LogP contribution is -2.30. The summed E-state index contributed by atoms with van der Waals surface area (Å²) >= 11 is 1.25. The largest absolute Gasteiger partial charge is 0.495 e. The molecule has 28 heavy (non-hydrogen) atoms. The first kappa shape index (κ1) is 19.5. The van der Waals surface area contributed by atoms with Gasteiger partial charge in [-0.25, -0.2) is 15.2 Å². The predicted molar refractivity (Wildman–Crippen MR) is 103 cm³/mol. The molecular weight excluding hydrogens is 384 g/mol. The number of nitrogens with zero attached hydrogens (tertiary/aromatic N) is 3. The number of methoxy groups -OCH3 is 1. The van der Waals surface area contributed by atoms with Crippen molar-refractivity contribution in [1.29, 1.82) is 0 Å². The lowest BCUT2D eigenvalue weighted by atomic mass is 10.2. The molecule has 0 atom stereocenters. The molecule has 0 saturated heterocycles. The van der Waals surface area contributed by atoms with Crippen LogP contribution in [0.15, 0.2) is 34.7 Å². The maximum Gasteiger partial charge on any atom is 0.354 e. The predicted octanol–water partition coefficient (Wildman–Crippen LogP) is 2.15. The molecule has 1 N–H and O–H groups in total. The topological polar surface area (TPSA) is 110 Å². The van der Waals surface area contributed by atoms with Gasteiger partial charge in [0.1, 0.15) is 18.1 Å². The van der Waals surface area contributed by atoms with Crippen molar-refractivity contribution >= 4 is 45.7 Å². The lowest BCUT2D eigenvalue weighted by molar-refractivity contribution is -0.137. The maximum atomic E-state index is 12.2. The SMILES string of the molecule is COc1ccccc1N(C(C)=O)c1nc(COC(=O)C2=NNC(=O)CC2)cs1. The first-order valence-electron chi connectivity index (χ1n) is 8.40. The van der Waals surface area contributed by atoms with Gasteiger partial charge in [0, 0.05) is 25.1 Å². The van der Waals surface area contributed by atoms with Crippen molar-refractivity contribution in [2.75, 3.05) is 12.0 Å². The molecule has 2 amide bonds. The number of anilines is 2. The molecule has 146 valence electrons. The third kappa shape index (κ3) is 4.34. The number of esters is 1. The van der Waals surface area contributed by atoms with Gasteiger partial charge < -0.3 is 9.47 Å². The number of amides is 2. The monoisotopic (exact) mass is 402 g/mol. The molecule has 0 aliphatic carbocycles. The fourth-order valence-electron chi connectivity index (χ4n) is 2.53. The number of nitrogens with one attached hydrogen (secondary N) is 1. The number of hydrogen-bond donors (Lipinski definition) is 1. The molecule has 0 saturated carbocycles. The van der Waals surface area contributed by atoms with Crippen molar-refractivity contribution in [2.24, 2.45) is 5.10 Å². The van der Waals surface area contributed by atoms with E-state index in [1.54, 1.807) is 23.6 Å². The number of benzene rings is 1. The number of carbonyl (C=O) groups excluding carboxylic acids is 3. The van der Waals surface area contributed by atoms with Crippen molar-refractivity contribution in [3.63, 3.8) is 0 Å². The van der Waals surface area contributed by atoms with Crippen LogP contribution in [-0.2, 0) is 25.7 Å². The van der Waals surface area contributed by atoms with Gasteiger partial charge in [-0.3, -0.25) is 14.5 Å². The molecule has 1 aromatic carbocycles. The van der Waals surface area contributed by atoms with Crippen molar-refractivity contribution in [2.45, 2.75) is 26.4 Å². The van der Waals surface area contributed by atoms with E-state index in [9.17, 15) is 14.4 Å². The zero-order valence-corrected chi connectivity index (χ0v) is 16.1. The Morgan fingerprint density at radius 1 is 1.29 bits per heavy atom. The zero-order valence-electron chi connectivity index (χ0n) is 15.3. The molecular formula is C18H18N4O5S. The molecule has 2 heterocycles. The van der Waals surface area contributed by atoms with Gasteiger partial charge in [-0.2, -0.15) is 5.10 Å². The van der Waals surface area contributed by atoms with E-state index in [0.717, 1.165) is 0 Å². The van der Waals surface area contributed by atoms with Crippen LogP contribution >= 0.6 is 11.3 Å². The zero-order chi connectivity index (χ0) is 20.1. The molecule has 10 heteroatoms. The number of carbonyl (C=O) groups is 3. The summed E-state index contributed by atoms with van der Waals surface area (Å²) in [7, 11) is 1.53. The second kappa shape index (κ2) is 8.61. The number of hydrogen-bond acceptors (Lipinski definition) is 8. The highest BCUT2D eigenvalue weighted by atomic mass is 32.1. The van der Waals surface area contributed by atoms with E-state index in [-0.39, 0.29) is 37.0 Å². The fourth-order valence-corrected chi connectivity index (χ4v) is 3.40.